The van der Waals surface area contributed by atoms with Gasteiger partial charge in [0.1, 0.15) is 5.75 Å². The second-order valence-corrected chi connectivity index (χ2v) is 7.52. The molecule has 27 heavy (non-hydrogen) atoms. The zero-order valence-corrected chi connectivity index (χ0v) is 16.4. The second-order valence-electron chi connectivity index (χ2n) is 5.60. The van der Waals surface area contributed by atoms with Gasteiger partial charge in [-0.05, 0) is 55.3 Å². The van der Waals surface area contributed by atoms with Gasteiger partial charge in [0.05, 0.1) is 18.6 Å². The van der Waals surface area contributed by atoms with Crippen molar-refractivity contribution < 1.29 is 22.7 Å². The number of nitrogens with one attached hydrogen (secondary N) is 1. The molecule has 7 heteroatoms. The maximum absolute atomic E-state index is 12.9. The first-order valence-corrected chi connectivity index (χ1v) is 10.0. The lowest BCUT2D eigenvalue weighted by Crippen LogP contribution is -2.17. The Hall–Kier alpha value is -2.80. The number of sulfone groups is 1. The van der Waals surface area contributed by atoms with E-state index in [2.05, 4.69) is 10.1 Å². The fourth-order valence-corrected chi connectivity index (χ4v) is 3.61. The second kappa shape index (κ2) is 9.23. The van der Waals surface area contributed by atoms with Crippen LogP contribution in [-0.4, -0.2) is 28.1 Å². The smallest absolute Gasteiger partial charge is 0.351 e. The summed E-state index contributed by atoms with van der Waals surface area (Å²) < 4.78 is 35.7. The van der Waals surface area contributed by atoms with Gasteiger partial charge in [0.15, 0.2) is 4.91 Å². The molecule has 6 nitrogen and oxygen atoms in total. The summed E-state index contributed by atoms with van der Waals surface area (Å²) in [6.45, 7) is 4.35. The Bertz CT molecular complexity index is 900. The molecule has 0 aromatic heterocycles. The first-order chi connectivity index (χ1) is 12.9. The van der Waals surface area contributed by atoms with Gasteiger partial charge in [-0.25, -0.2) is 13.2 Å². The molecule has 2 aromatic carbocycles. The van der Waals surface area contributed by atoms with E-state index in [4.69, 9.17) is 4.74 Å². The molecule has 1 N–H and O–H groups in total. The first-order valence-electron chi connectivity index (χ1n) is 8.54. The van der Waals surface area contributed by atoms with Gasteiger partial charge in [-0.1, -0.05) is 19.1 Å². The van der Waals surface area contributed by atoms with Crippen molar-refractivity contribution in [2.45, 2.75) is 25.2 Å². The molecule has 0 saturated carbocycles. The molecule has 0 unspecified atom stereocenters. The van der Waals surface area contributed by atoms with Crippen molar-refractivity contribution in [3.63, 3.8) is 0 Å². The summed E-state index contributed by atoms with van der Waals surface area (Å²) in [5.41, 5.74) is 1.82. The highest BCUT2D eigenvalue weighted by atomic mass is 32.2. The lowest BCUT2D eigenvalue weighted by atomic mass is 10.1. The average Bonchev–Trinajstić information content (AvgIpc) is 2.69. The molecule has 0 aliphatic carbocycles. The van der Waals surface area contributed by atoms with Gasteiger partial charge in [-0.15, -0.1) is 0 Å². The van der Waals surface area contributed by atoms with E-state index >= 15 is 0 Å². The zero-order chi connectivity index (χ0) is 19.9. The standard InChI is InChI=1S/C20H23NO5S/c1-4-15-6-8-16(9-7-15)21-14-19(20(22)25-3)27(23,24)18-12-10-17(11-13-18)26-5-2/h6-14,21H,4-5H2,1-3H3. The SMILES string of the molecule is CCOc1ccc(S(=O)(=O)C(=CNc2ccc(CC)cc2)C(=O)OC)cc1. The van der Waals surface area contributed by atoms with Crippen molar-refractivity contribution in [2.75, 3.05) is 19.0 Å². The third-order valence-electron chi connectivity index (χ3n) is 3.85. The summed E-state index contributed by atoms with van der Waals surface area (Å²) in [5, 5.41) is 2.85. The summed E-state index contributed by atoms with van der Waals surface area (Å²) in [6, 6.07) is 13.4. The van der Waals surface area contributed by atoms with Crippen molar-refractivity contribution in [2.24, 2.45) is 0 Å². The fourth-order valence-electron chi connectivity index (χ4n) is 2.34. The average molecular weight is 389 g/mol. The topological polar surface area (TPSA) is 81.7 Å². The molecule has 144 valence electrons. The van der Waals surface area contributed by atoms with Gasteiger partial charge >= 0.3 is 5.97 Å². The monoisotopic (exact) mass is 389 g/mol. The van der Waals surface area contributed by atoms with Crippen molar-refractivity contribution in [3.05, 3.63) is 65.2 Å². The van der Waals surface area contributed by atoms with Crippen molar-refractivity contribution in [1.29, 1.82) is 0 Å². The highest BCUT2D eigenvalue weighted by Gasteiger charge is 2.28. The van der Waals surface area contributed by atoms with Crippen LogP contribution in [0.4, 0.5) is 5.69 Å². The number of benzene rings is 2. The predicted octanol–water partition coefficient (Wildman–Crippen LogP) is 3.55. The van der Waals surface area contributed by atoms with E-state index in [1.807, 2.05) is 38.1 Å². The van der Waals surface area contributed by atoms with E-state index in [9.17, 15) is 13.2 Å². The minimum absolute atomic E-state index is 0.0225. The van der Waals surface area contributed by atoms with Gasteiger partial charge in [0, 0.05) is 11.9 Å². The van der Waals surface area contributed by atoms with E-state index in [-0.39, 0.29) is 4.90 Å². The number of hydrogen-bond donors (Lipinski definition) is 1. The molecular formula is C20H23NO5S. The zero-order valence-electron chi connectivity index (χ0n) is 15.6. The predicted molar refractivity (Wildman–Crippen MR) is 104 cm³/mol. The highest BCUT2D eigenvalue weighted by molar-refractivity contribution is 7.96. The lowest BCUT2D eigenvalue weighted by Gasteiger charge is -2.10. The number of ether oxygens (including phenoxy) is 2. The molecule has 0 saturated heterocycles. The van der Waals surface area contributed by atoms with Crippen LogP contribution in [0.5, 0.6) is 5.75 Å². The number of rotatable bonds is 8. The molecule has 0 heterocycles. The Labute approximate surface area is 159 Å². The first kappa shape index (κ1) is 20.5. The highest BCUT2D eigenvalue weighted by Crippen LogP contribution is 2.23. The Morgan fingerprint density at radius 3 is 2.19 bits per heavy atom. The Morgan fingerprint density at radius 1 is 1.04 bits per heavy atom. The Kier molecular flexibility index (Phi) is 7.01. The fraction of sp³-hybridized carbons (Fsp3) is 0.250. The van der Waals surface area contributed by atoms with Crippen LogP contribution in [0.3, 0.4) is 0 Å². The molecule has 0 amide bonds. The summed E-state index contributed by atoms with van der Waals surface area (Å²) >= 11 is 0. The lowest BCUT2D eigenvalue weighted by molar-refractivity contribution is -0.135. The van der Waals surface area contributed by atoms with Crippen LogP contribution in [-0.2, 0) is 25.8 Å². The largest absolute Gasteiger partial charge is 0.494 e. The molecule has 0 spiro atoms. The molecule has 0 bridgehead atoms. The number of carbonyl (C=O) groups is 1. The van der Waals surface area contributed by atoms with Crippen molar-refractivity contribution in [1.82, 2.24) is 0 Å². The number of methoxy groups -OCH3 is 1. The molecule has 0 atom stereocenters. The maximum Gasteiger partial charge on any atom is 0.351 e. The molecule has 2 aromatic rings. The van der Waals surface area contributed by atoms with Crippen LogP contribution in [0.1, 0.15) is 19.4 Å². The van der Waals surface area contributed by atoms with Crippen molar-refractivity contribution >= 4 is 21.5 Å². The third-order valence-corrected chi connectivity index (χ3v) is 5.61. The van der Waals surface area contributed by atoms with Crippen LogP contribution in [0.15, 0.2) is 64.5 Å². The summed E-state index contributed by atoms with van der Waals surface area (Å²) in [4.78, 5) is 11.6. The molecular weight excluding hydrogens is 366 g/mol. The molecule has 0 radical (unpaired) electrons. The Morgan fingerprint density at radius 2 is 1.67 bits per heavy atom. The molecule has 0 aliphatic heterocycles. The van der Waals surface area contributed by atoms with Crippen LogP contribution in [0.2, 0.25) is 0 Å². The molecule has 0 aliphatic rings. The van der Waals surface area contributed by atoms with E-state index in [0.717, 1.165) is 25.3 Å². The maximum atomic E-state index is 12.9. The van der Waals surface area contributed by atoms with E-state index in [1.54, 1.807) is 12.1 Å². The van der Waals surface area contributed by atoms with Crippen LogP contribution >= 0.6 is 0 Å². The summed E-state index contributed by atoms with van der Waals surface area (Å²) in [6.07, 6.45) is 2.05. The van der Waals surface area contributed by atoms with Gasteiger partial charge in [0.2, 0.25) is 9.84 Å². The minimum Gasteiger partial charge on any atom is -0.494 e. The van der Waals surface area contributed by atoms with Crippen LogP contribution in [0.25, 0.3) is 0 Å². The number of hydrogen-bond acceptors (Lipinski definition) is 6. The normalized spacial score (nSPS) is 11.7. The number of carbonyl (C=O) groups excluding carboxylic acids is 1. The number of aryl methyl sites for hydroxylation is 1. The van der Waals surface area contributed by atoms with Crippen LogP contribution < -0.4 is 10.1 Å². The van der Waals surface area contributed by atoms with Crippen molar-refractivity contribution in [3.8, 4) is 5.75 Å². The number of anilines is 1. The van der Waals surface area contributed by atoms with E-state index in [1.165, 1.54) is 12.1 Å². The van der Waals surface area contributed by atoms with Gasteiger partial charge < -0.3 is 14.8 Å². The minimum atomic E-state index is -4.06. The third kappa shape index (κ3) is 5.10. The molecule has 2 rings (SSSR count). The summed E-state index contributed by atoms with van der Waals surface area (Å²) in [7, 11) is -2.92. The van der Waals surface area contributed by atoms with Crippen LogP contribution in [0, 0.1) is 0 Å². The number of esters is 1. The summed E-state index contributed by atoms with van der Waals surface area (Å²) in [5.74, 6) is -0.393. The van der Waals surface area contributed by atoms with E-state index in [0.29, 0.717) is 18.0 Å². The molecule has 0 fully saturated rings. The quantitative estimate of drug-likeness (QED) is 0.549. The van der Waals surface area contributed by atoms with Gasteiger partial charge in [0.25, 0.3) is 0 Å². The van der Waals surface area contributed by atoms with Gasteiger partial charge in [-0.2, -0.15) is 0 Å². The van der Waals surface area contributed by atoms with Gasteiger partial charge in [-0.3, -0.25) is 0 Å². The van der Waals surface area contributed by atoms with E-state index < -0.39 is 20.7 Å². The Balaban J connectivity index is 2.34.